The Labute approximate surface area is 193 Å². The van der Waals surface area contributed by atoms with Crippen LogP contribution in [0, 0.1) is 6.92 Å². The number of nitrogens with one attached hydrogen (secondary N) is 3. The van der Waals surface area contributed by atoms with Crippen molar-refractivity contribution in [3.05, 3.63) is 36.0 Å². The summed E-state index contributed by atoms with van der Waals surface area (Å²) < 4.78 is 5.38. The summed E-state index contributed by atoms with van der Waals surface area (Å²) in [5.41, 5.74) is 2.07. The fraction of sp³-hybridized carbons (Fsp3) is 0.458. The number of amides is 1. The molecule has 33 heavy (non-hydrogen) atoms. The third kappa shape index (κ3) is 5.47. The van der Waals surface area contributed by atoms with Crippen molar-refractivity contribution in [3.8, 4) is 5.88 Å². The van der Waals surface area contributed by atoms with Gasteiger partial charge < -0.3 is 30.4 Å². The number of fused-ring (bicyclic) bond motifs is 1. The molecule has 4 N–H and O–H groups in total. The first kappa shape index (κ1) is 22.7. The summed E-state index contributed by atoms with van der Waals surface area (Å²) in [6.07, 6.45) is 4.25. The Hall–Kier alpha value is -3.49. The first-order valence-electron chi connectivity index (χ1n) is 11.3. The molecule has 1 amide bonds. The van der Waals surface area contributed by atoms with Gasteiger partial charge >= 0.3 is 6.09 Å². The normalized spacial score (nSPS) is 16.6. The van der Waals surface area contributed by atoms with Gasteiger partial charge in [0, 0.05) is 31.0 Å². The number of hydrogen-bond donors (Lipinski definition) is 4. The average molecular weight is 453 g/mol. The maximum absolute atomic E-state index is 12.2. The zero-order valence-corrected chi connectivity index (χ0v) is 19.6. The Kier molecular flexibility index (Phi) is 6.31. The Morgan fingerprint density at radius 3 is 2.88 bits per heavy atom. The molecular formula is C24H32N6O3. The van der Waals surface area contributed by atoms with E-state index in [-0.39, 0.29) is 11.9 Å². The lowest BCUT2D eigenvalue weighted by molar-refractivity contribution is 0.0522. The Balaban J connectivity index is 1.61. The molecular weight excluding hydrogens is 420 g/mol. The number of alkyl carbamates (subject to hydrolysis) is 1. The number of piperidine rings is 1. The molecule has 0 aliphatic carbocycles. The minimum Gasteiger partial charge on any atom is -0.494 e. The van der Waals surface area contributed by atoms with Crippen LogP contribution in [0.3, 0.4) is 0 Å². The summed E-state index contributed by atoms with van der Waals surface area (Å²) in [6.45, 7) is 8.78. The number of H-pyrrole nitrogens is 1. The molecule has 1 fully saturated rings. The van der Waals surface area contributed by atoms with Crippen LogP contribution in [0.5, 0.6) is 5.88 Å². The number of rotatable bonds is 5. The minimum absolute atomic E-state index is 0.0217. The molecule has 1 saturated heterocycles. The molecule has 9 heteroatoms. The topological polar surface area (TPSA) is 115 Å². The van der Waals surface area contributed by atoms with Crippen LogP contribution in [-0.2, 0) is 4.74 Å². The standard InChI is InChI=1S/C24H32N6O3/c1-15-8-7-9-16(12-15)27-20-19-18(14-25-21(19)31)28-22(29-20)30-11-6-5-10-17(30)13-26-23(32)33-24(2,3)4/h7-9,12,14,17,25,31H,5-6,10-11,13H2,1-4H3,(H,26,32)(H,27,28,29). The fourth-order valence-electron chi connectivity index (χ4n) is 4.08. The van der Waals surface area contributed by atoms with Crippen molar-refractivity contribution in [2.45, 2.75) is 58.6 Å². The number of hydrogen-bond acceptors (Lipinski definition) is 7. The van der Waals surface area contributed by atoms with Crippen LogP contribution in [0.1, 0.15) is 45.6 Å². The molecule has 1 aliphatic rings. The van der Waals surface area contributed by atoms with E-state index in [1.165, 1.54) is 0 Å². The SMILES string of the molecule is Cc1cccc(Nc2nc(N3CCCCC3CNC(=O)OC(C)(C)C)nc3c[nH]c(O)c23)c1. The second kappa shape index (κ2) is 9.17. The predicted molar refractivity (Wildman–Crippen MR) is 129 cm³/mol. The monoisotopic (exact) mass is 452 g/mol. The highest BCUT2D eigenvalue weighted by atomic mass is 16.6. The molecule has 0 saturated carbocycles. The molecule has 176 valence electrons. The number of anilines is 3. The Morgan fingerprint density at radius 1 is 1.30 bits per heavy atom. The number of aromatic hydroxyl groups is 1. The lowest BCUT2D eigenvalue weighted by Crippen LogP contribution is -2.48. The van der Waals surface area contributed by atoms with Gasteiger partial charge in [-0.05, 0) is 64.7 Å². The van der Waals surface area contributed by atoms with Crippen molar-refractivity contribution in [1.29, 1.82) is 0 Å². The number of aromatic amines is 1. The smallest absolute Gasteiger partial charge is 0.407 e. The number of ether oxygens (including phenoxy) is 1. The molecule has 2 aromatic heterocycles. The van der Waals surface area contributed by atoms with E-state index in [2.05, 4.69) is 20.5 Å². The van der Waals surface area contributed by atoms with E-state index in [1.807, 2.05) is 52.0 Å². The van der Waals surface area contributed by atoms with Gasteiger partial charge in [0.05, 0.1) is 5.52 Å². The molecule has 1 atom stereocenters. The van der Waals surface area contributed by atoms with Crippen molar-refractivity contribution in [2.75, 3.05) is 23.3 Å². The van der Waals surface area contributed by atoms with E-state index < -0.39 is 11.7 Å². The van der Waals surface area contributed by atoms with Gasteiger partial charge in [-0.1, -0.05) is 12.1 Å². The van der Waals surface area contributed by atoms with Crippen LogP contribution in [0.25, 0.3) is 10.9 Å². The fourth-order valence-corrected chi connectivity index (χ4v) is 4.08. The second-order valence-corrected chi connectivity index (χ2v) is 9.49. The lowest BCUT2D eigenvalue weighted by Gasteiger charge is -2.36. The number of aromatic nitrogens is 3. The van der Waals surface area contributed by atoms with Gasteiger partial charge in [0.25, 0.3) is 0 Å². The van der Waals surface area contributed by atoms with Crippen LogP contribution in [0.15, 0.2) is 30.5 Å². The highest BCUT2D eigenvalue weighted by Crippen LogP contribution is 2.34. The molecule has 0 bridgehead atoms. The quantitative estimate of drug-likeness (QED) is 0.447. The zero-order valence-electron chi connectivity index (χ0n) is 19.6. The summed E-state index contributed by atoms with van der Waals surface area (Å²) in [5.74, 6) is 1.12. The van der Waals surface area contributed by atoms with E-state index in [4.69, 9.17) is 14.7 Å². The Bertz CT molecular complexity index is 1140. The average Bonchev–Trinajstić information content (AvgIpc) is 3.12. The van der Waals surface area contributed by atoms with Gasteiger partial charge in [0.2, 0.25) is 11.8 Å². The van der Waals surface area contributed by atoms with Crippen LogP contribution in [-0.4, -0.2) is 50.9 Å². The molecule has 1 aromatic carbocycles. The number of benzene rings is 1. The third-order valence-corrected chi connectivity index (χ3v) is 5.55. The van der Waals surface area contributed by atoms with Gasteiger partial charge in [0.1, 0.15) is 16.8 Å². The zero-order chi connectivity index (χ0) is 23.6. The molecule has 9 nitrogen and oxygen atoms in total. The molecule has 3 heterocycles. The predicted octanol–water partition coefficient (Wildman–Crippen LogP) is 4.60. The van der Waals surface area contributed by atoms with E-state index in [0.717, 1.165) is 37.1 Å². The molecule has 3 aromatic rings. The van der Waals surface area contributed by atoms with Crippen molar-refractivity contribution >= 4 is 34.4 Å². The number of aryl methyl sites for hydroxylation is 1. The van der Waals surface area contributed by atoms with Crippen LogP contribution in [0.4, 0.5) is 22.2 Å². The number of nitrogens with zero attached hydrogens (tertiary/aromatic N) is 3. The van der Waals surface area contributed by atoms with Gasteiger partial charge in [-0.3, -0.25) is 0 Å². The first-order chi connectivity index (χ1) is 15.7. The van der Waals surface area contributed by atoms with Crippen molar-refractivity contribution in [1.82, 2.24) is 20.3 Å². The summed E-state index contributed by atoms with van der Waals surface area (Å²) in [4.78, 5) is 26.7. The third-order valence-electron chi connectivity index (χ3n) is 5.55. The summed E-state index contributed by atoms with van der Waals surface area (Å²) in [6, 6.07) is 8.01. The summed E-state index contributed by atoms with van der Waals surface area (Å²) in [7, 11) is 0. The highest BCUT2D eigenvalue weighted by Gasteiger charge is 2.27. The van der Waals surface area contributed by atoms with E-state index >= 15 is 0 Å². The van der Waals surface area contributed by atoms with E-state index in [0.29, 0.717) is 29.2 Å². The highest BCUT2D eigenvalue weighted by molar-refractivity contribution is 5.96. The number of carbonyl (C=O) groups excluding carboxylic acids is 1. The second-order valence-electron chi connectivity index (χ2n) is 9.49. The van der Waals surface area contributed by atoms with Crippen LogP contribution in [0.2, 0.25) is 0 Å². The molecule has 1 unspecified atom stereocenters. The first-order valence-corrected chi connectivity index (χ1v) is 11.3. The van der Waals surface area contributed by atoms with Gasteiger partial charge in [-0.15, -0.1) is 0 Å². The maximum atomic E-state index is 12.2. The molecule has 0 spiro atoms. The van der Waals surface area contributed by atoms with Gasteiger partial charge in [-0.25, -0.2) is 9.78 Å². The molecule has 1 aliphatic heterocycles. The van der Waals surface area contributed by atoms with Crippen molar-refractivity contribution in [2.24, 2.45) is 0 Å². The minimum atomic E-state index is -0.545. The maximum Gasteiger partial charge on any atom is 0.407 e. The largest absolute Gasteiger partial charge is 0.494 e. The van der Waals surface area contributed by atoms with Crippen LogP contribution < -0.4 is 15.5 Å². The van der Waals surface area contributed by atoms with Crippen LogP contribution >= 0.6 is 0 Å². The summed E-state index contributed by atoms with van der Waals surface area (Å²) >= 11 is 0. The van der Waals surface area contributed by atoms with Gasteiger partial charge in [0.15, 0.2) is 0 Å². The Morgan fingerprint density at radius 2 is 2.12 bits per heavy atom. The molecule has 0 radical (unpaired) electrons. The van der Waals surface area contributed by atoms with E-state index in [9.17, 15) is 9.90 Å². The van der Waals surface area contributed by atoms with E-state index in [1.54, 1.807) is 6.20 Å². The van der Waals surface area contributed by atoms with Gasteiger partial charge in [-0.2, -0.15) is 4.98 Å². The van der Waals surface area contributed by atoms with Crippen molar-refractivity contribution < 1.29 is 14.6 Å². The van der Waals surface area contributed by atoms with Crippen molar-refractivity contribution in [3.63, 3.8) is 0 Å². The lowest BCUT2D eigenvalue weighted by atomic mass is 10.0. The summed E-state index contributed by atoms with van der Waals surface area (Å²) in [5, 5.41) is 17.1. The number of carbonyl (C=O) groups is 1. The molecule has 4 rings (SSSR count).